The maximum absolute atomic E-state index is 15.0. The van der Waals surface area contributed by atoms with Crippen LogP contribution in [0, 0.1) is 35.0 Å². The van der Waals surface area contributed by atoms with Crippen LogP contribution in [0.15, 0.2) is 11.1 Å². The molecule has 11 nitrogen and oxygen atoms in total. The van der Waals surface area contributed by atoms with Crippen LogP contribution in [-0.2, 0) is 47.7 Å². The van der Waals surface area contributed by atoms with Crippen molar-refractivity contribution in [1.29, 1.82) is 0 Å². The summed E-state index contributed by atoms with van der Waals surface area (Å²) in [6, 6.07) is 0. The van der Waals surface area contributed by atoms with Crippen LogP contribution < -0.4 is 0 Å². The van der Waals surface area contributed by atoms with E-state index in [1.54, 1.807) is 6.92 Å². The van der Waals surface area contributed by atoms with E-state index >= 15 is 4.79 Å². The molecule has 2 aliphatic carbocycles. The normalized spacial score (nSPS) is 49.9. The molecule has 0 aromatic rings. The van der Waals surface area contributed by atoms with Crippen molar-refractivity contribution in [3.8, 4) is 0 Å². The molecule has 42 heavy (non-hydrogen) atoms. The highest BCUT2D eigenvalue weighted by Gasteiger charge is 2.82. The number of hydrogen-bond donors (Lipinski definition) is 1. The third-order valence-electron chi connectivity index (χ3n) is 11.7. The molecule has 5 aliphatic heterocycles. The van der Waals surface area contributed by atoms with Crippen molar-refractivity contribution in [3.05, 3.63) is 11.1 Å². The van der Waals surface area contributed by atoms with Gasteiger partial charge in [-0.3, -0.25) is 24.0 Å². The summed E-state index contributed by atoms with van der Waals surface area (Å²) < 4.78 is 31.7. The second-order valence-corrected chi connectivity index (χ2v) is 14.3. The van der Waals surface area contributed by atoms with Gasteiger partial charge in [0.15, 0.2) is 0 Å². The number of ketones is 2. The van der Waals surface area contributed by atoms with Crippen molar-refractivity contribution in [1.82, 2.24) is 0 Å². The van der Waals surface area contributed by atoms with Crippen molar-refractivity contribution in [3.63, 3.8) is 0 Å². The second kappa shape index (κ2) is 8.51. The Labute approximate surface area is 243 Å². The zero-order valence-corrected chi connectivity index (χ0v) is 24.8. The average Bonchev–Trinajstić information content (AvgIpc) is 3.38. The largest absolute Gasteiger partial charge is 0.481 e. The standard InChI is InChI=1S/C31H38O11/c1-12-20-23-22(13(2)27(37)39-23)41-31-24(20)29(6,25(12)35)7-8-30(42-31)11-15-16(28(4,5)40-17(15)10-19(33)34)9-18(38-14(3)32)21(30)26(31)36/h12-13,17-18,20-24H,7-11H2,1-6H3,(H,33,34)/t12-,13-,17+,18-,20+,21-,22+,23+,24-,29-,30-,31-/m0/s1. The van der Waals surface area contributed by atoms with E-state index < -0.39 is 94.3 Å². The highest BCUT2D eigenvalue weighted by Crippen LogP contribution is 2.70. The van der Waals surface area contributed by atoms with Crippen molar-refractivity contribution in [2.75, 3.05) is 0 Å². The number of Topliss-reactive ketones (excluding diaryl/α,β-unsaturated/α-hetero) is 2. The predicted octanol–water partition coefficient (Wildman–Crippen LogP) is 2.52. The fourth-order valence-electron chi connectivity index (χ4n) is 10.0. The first-order valence-electron chi connectivity index (χ1n) is 15.0. The summed E-state index contributed by atoms with van der Waals surface area (Å²) in [5.41, 5.74) is -1.53. The van der Waals surface area contributed by atoms with Gasteiger partial charge in [-0.15, -0.1) is 0 Å². The quantitative estimate of drug-likeness (QED) is 0.384. The van der Waals surface area contributed by atoms with E-state index in [0.717, 1.165) is 11.1 Å². The molecular weight excluding hydrogens is 548 g/mol. The zero-order valence-electron chi connectivity index (χ0n) is 24.8. The van der Waals surface area contributed by atoms with E-state index in [2.05, 4.69) is 0 Å². The number of carbonyl (C=O) groups excluding carboxylic acids is 4. The molecule has 2 spiro atoms. The molecule has 4 saturated heterocycles. The monoisotopic (exact) mass is 586 g/mol. The number of ether oxygens (including phenoxy) is 5. The summed E-state index contributed by atoms with van der Waals surface area (Å²) in [7, 11) is 0. The van der Waals surface area contributed by atoms with Gasteiger partial charge in [0, 0.05) is 42.9 Å². The maximum Gasteiger partial charge on any atom is 0.311 e. The van der Waals surface area contributed by atoms with Gasteiger partial charge in [-0.1, -0.05) is 13.8 Å². The van der Waals surface area contributed by atoms with E-state index in [4.69, 9.17) is 23.7 Å². The van der Waals surface area contributed by atoms with Gasteiger partial charge in [0.05, 0.1) is 35.6 Å². The molecule has 5 fully saturated rings. The lowest BCUT2D eigenvalue weighted by atomic mass is 9.61. The van der Waals surface area contributed by atoms with E-state index in [-0.39, 0.29) is 30.8 Å². The summed E-state index contributed by atoms with van der Waals surface area (Å²) in [4.78, 5) is 66.2. The van der Waals surface area contributed by atoms with Crippen molar-refractivity contribution in [2.24, 2.45) is 35.0 Å². The molecule has 228 valence electrons. The average molecular weight is 587 g/mol. The van der Waals surface area contributed by atoms with Crippen LogP contribution in [0.5, 0.6) is 0 Å². The summed E-state index contributed by atoms with van der Waals surface area (Å²) in [5, 5.41) is 9.72. The van der Waals surface area contributed by atoms with Gasteiger partial charge < -0.3 is 28.8 Å². The third-order valence-corrected chi connectivity index (χ3v) is 11.7. The molecule has 2 bridgehead atoms. The first-order chi connectivity index (χ1) is 19.6. The van der Waals surface area contributed by atoms with E-state index in [1.165, 1.54) is 6.92 Å². The van der Waals surface area contributed by atoms with E-state index in [9.17, 15) is 24.3 Å². The van der Waals surface area contributed by atoms with Gasteiger partial charge in [0.25, 0.3) is 0 Å². The Morgan fingerprint density at radius 1 is 1.00 bits per heavy atom. The lowest BCUT2D eigenvalue weighted by molar-refractivity contribution is -0.328. The minimum absolute atomic E-state index is 0.00669. The molecule has 11 heteroatoms. The van der Waals surface area contributed by atoms with Crippen LogP contribution in [0.25, 0.3) is 0 Å². The van der Waals surface area contributed by atoms with E-state index in [0.29, 0.717) is 12.8 Å². The van der Waals surface area contributed by atoms with Gasteiger partial charge in [0.2, 0.25) is 11.6 Å². The number of esters is 2. The number of carboxylic acid groups (broad SMARTS) is 1. The van der Waals surface area contributed by atoms with Crippen molar-refractivity contribution < 1.29 is 52.8 Å². The van der Waals surface area contributed by atoms with Crippen molar-refractivity contribution in [2.45, 2.75) is 115 Å². The van der Waals surface area contributed by atoms with Crippen LogP contribution in [0.4, 0.5) is 0 Å². The van der Waals surface area contributed by atoms with Gasteiger partial charge in [-0.25, -0.2) is 0 Å². The molecule has 0 unspecified atom stereocenters. The minimum atomic E-state index is -1.85. The molecule has 5 heterocycles. The first-order valence-corrected chi connectivity index (χ1v) is 15.0. The van der Waals surface area contributed by atoms with Crippen LogP contribution in [-0.4, -0.2) is 76.0 Å². The number of aliphatic carboxylic acids is 1. The SMILES string of the molecule is CC(=O)O[C@H]1CC2=C(C[C@]34CC[C@]5(C)C(=O)[C@@H](C)[C@@H]6[C@H]7OC(=O)[C@@H](C)[C@H]7O[C@@](O3)(C(=O)[C@H]14)[C@@H]65)[C@@H](CC(=O)O)OC2(C)C. The number of hydrogen-bond acceptors (Lipinski definition) is 10. The van der Waals surface area contributed by atoms with Crippen LogP contribution >= 0.6 is 0 Å². The Bertz CT molecular complexity index is 1360. The Balaban J connectivity index is 1.42. The lowest BCUT2D eigenvalue weighted by Crippen LogP contribution is -2.63. The molecule has 7 aliphatic rings. The molecule has 0 amide bonds. The smallest absolute Gasteiger partial charge is 0.311 e. The number of fused-ring (bicyclic) bond motifs is 2. The molecular formula is C31H38O11. The minimum Gasteiger partial charge on any atom is -0.481 e. The van der Waals surface area contributed by atoms with Gasteiger partial charge in [-0.05, 0) is 44.8 Å². The summed E-state index contributed by atoms with van der Waals surface area (Å²) >= 11 is 0. The second-order valence-electron chi connectivity index (χ2n) is 14.3. The molecule has 7 rings (SSSR count). The summed E-state index contributed by atoms with van der Waals surface area (Å²) in [6.07, 6.45) is -2.35. The van der Waals surface area contributed by atoms with Gasteiger partial charge >= 0.3 is 17.9 Å². The van der Waals surface area contributed by atoms with Crippen LogP contribution in [0.3, 0.4) is 0 Å². The molecule has 0 aromatic carbocycles. The molecule has 12 atom stereocenters. The Morgan fingerprint density at radius 2 is 1.71 bits per heavy atom. The molecule has 1 saturated carbocycles. The highest BCUT2D eigenvalue weighted by molar-refractivity contribution is 5.98. The number of carboxylic acids is 1. The zero-order chi connectivity index (χ0) is 30.3. The van der Waals surface area contributed by atoms with E-state index in [1.807, 2.05) is 27.7 Å². The Morgan fingerprint density at radius 3 is 2.38 bits per heavy atom. The van der Waals surface area contributed by atoms with Gasteiger partial charge in [-0.2, -0.15) is 0 Å². The predicted molar refractivity (Wildman–Crippen MR) is 140 cm³/mol. The van der Waals surface area contributed by atoms with Gasteiger partial charge in [0.1, 0.15) is 24.1 Å². The Kier molecular flexibility index (Phi) is 5.70. The van der Waals surface area contributed by atoms with Crippen molar-refractivity contribution >= 4 is 29.5 Å². The summed E-state index contributed by atoms with van der Waals surface area (Å²) in [5.74, 6) is -7.50. The summed E-state index contributed by atoms with van der Waals surface area (Å²) in [6.45, 7) is 10.4. The number of carbonyl (C=O) groups is 5. The third kappa shape index (κ3) is 3.36. The fourth-order valence-corrected chi connectivity index (χ4v) is 10.0. The fraction of sp³-hybridized carbons (Fsp3) is 0.774. The highest BCUT2D eigenvalue weighted by atomic mass is 16.7. The lowest BCUT2D eigenvalue weighted by Gasteiger charge is -2.50. The molecule has 1 N–H and O–H groups in total. The molecule has 0 aromatic heterocycles. The Hall–Kier alpha value is -2.63. The maximum atomic E-state index is 15.0. The first kappa shape index (κ1) is 28.2. The number of rotatable bonds is 3. The molecule has 0 radical (unpaired) electrons. The van der Waals surface area contributed by atoms with Crippen LogP contribution in [0.1, 0.15) is 73.6 Å². The topological polar surface area (TPSA) is 152 Å². The van der Waals surface area contributed by atoms with Crippen LogP contribution in [0.2, 0.25) is 0 Å².